The highest BCUT2D eigenvalue weighted by atomic mass is 32.1. The van der Waals surface area contributed by atoms with Gasteiger partial charge in [0, 0.05) is 63.6 Å². The van der Waals surface area contributed by atoms with Crippen LogP contribution in [0.25, 0.3) is 135 Å². The van der Waals surface area contributed by atoms with Crippen molar-refractivity contribution in [2.45, 2.75) is 0 Å². The average Bonchev–Trinajstić information content (AvgIpc) is 4.13. The Balaban J connectivity index is 0.950. The molecular formula is C57H32N4OS2. The molecule has 5 nitrogen and oxygen atoms in total. The Morgan fingerprint density at radius 3 is 1.69 bits per heavy atom. The highest BCUT2D eigenvalue weighted by Gasteiger charge is 2.22. The number of aromatic nitrogens is 4. The summed E-state index contributed by atoms with van der Waals surface area (Å²) in [6, 6.07) is 68.7. The number of para-hydroxylation sites is 3. The van der Waals surface area contributed by atoms with Gasteiger partial charge in [0.1, 0.15) is 5.58 Å². The zero-order valence-electron chi connectivity index (χ0n) is 34.0. The normalized spacial score (nSPS) is 12.1. The Bertz CT molecular complexity index is 4140. The summed E-state index contributed by atoms with van der Waals surface area (Å²) in [5, 5.41) is 9.72. The first-order valence-electron chi connectivity index (χ1n) is 21.3. The Hall–Kier alpha value is -7.97. The molecule has 0 radical (unpaired) electrons. The predicted octanol–water partition coefficient (Wildman–Crippen LogP) is 16.3. The van der Waals surface area contributed by atoms with Crippen LogP contribution in [0.2, 0.25) is 0 Å². The topological polar surface area (TPSA) is 56.7 Å². The first kappa shape index (κ1) is 35.6. The van der Waals surface area contributed by atoms with Crippen LogP contribution in [-0.2, 0) is 0 Å². The largest absolute Gasteiger partial charge is 0.453 e. The smallest absolute Gasteiger partial charge is 0.167 e. The van der Waals surface area contributed by atoms with Gasteiger partial charge in [-0.15, -0.1) is 22.7 Å². The van der Waals surface area contributed by atoms with E-state index in [1.54, 1.807) is 0 Å². The van der Waals surface area contributed by atoms with Gasteiger partial charge >= 0.3 is 0 Å². The van der Waals surface area contributed by atoms with Crippen molar-refractivity contribution in [2.75, 3.05) is 0 Å². The number of rotatable bonds is 5. The third kappa shape index (κ3) is 5.26. The molecule has 298 valence electrons. The van der Waals surface area contributed by atoms with Crippen LogP contribution in [0.15, 0.2) is 199 Å². The first-order chi connectivity index (χ1) is 31.7. The van der Waals surface area contributed by atoms with E-state index < -0.39 is 0 Å². The lowest BCUT2D eigenvalue weighted by Gasteiger charge is -2.09. The van der Waals surface area contributed by atoms with Gasteiger partial charge in [-0.3, -0.25) is 0 Å². The Labute approximate surface area is 373 Å². The van der Waals surface area contributed by atoms with E-state index in [-0.39, 0.29) is 0 Å². The summed E-state index contributed by atoms with van der Waals surface area (Å²) in [6.07, 6.45) is 0. The van der Waals surface area contributed by atoms with Gasteiger partial charge in [0.25, 0.3) is 0 Å². The zero-order chi connectivity index (χ0) is 41.9. The highest BCUT2D eigenvalue weighted by molar-refractivity contribution is 7.33. The molecule has 64 heavy (non-hydrogen) atoms. The Kier molecular flexibility index (Phi) is 7.66. The number of hydrogen-bond acceptors (Lipinski definition) is 6. The molecule has 0 aliphatic carbocycles. The van der Waals surface area contributed by atoms with E-state index in [4.69, 9.17) is 19.4 Å². The third-order valence-electron chi connectivity index (χ3n) is 12.7. The maximum absolute atomic E-state index is 7.08. The van der Waals surface area contributed by atoms with Gasteiger partial charge in [0.05, 0.1) is 31.7 Å². The van der Waals surface area contributed by atoms with Crippen LogP contribution in [0.3, 0.4) is 0 Å². The molecule has 0 spiro atoms. The van der Waals surface area contributed by atoms with Gasteiger partial charge < -0.3 is 8.98 Å². The van der Waals surface area contributed by atoms with Crippen molar-refractivity contribution in [1.29, 1.82) is 0 Å². The van der Waals surface area contributed by atoms with E-state index in [9.17, 15) is 0 Å². The molecule has 0 N–H and O–H groups in total. The van der Waals surface area contributed by atoms with Gasteiger partial charge in [-0.05, 0) is 47.5 Å². The number of benzene rings is 9. The van der Waals surface area contributed by atoms with Crippen molar-refractivity contribution in [3.05, 3.63) is 194 Å². The van der Waals surface area contributed by atoms with Crippen molar-refractivity contribution in [3.8, 4) is 51.0 Å². The Morgan fingerprint density at radius 1 is 0.344 bits per heavy atom. The fourth-order valence-corrected chi connectivity index (χ4v) is 12.4. The summed E-state index contributed by atoms with van der Waals surface area (Å²) in [5.74, 6) is 1.78. The lowest BCUT2D eigenvalue weighted by atomic mass is 10.0. The quantitative estimate of drug-likeness (QED) is 0.173. The minimum atomic E-state index is 0.560. The van der Waals surface area contributed by atoms with Crippen molar-refractivity contribution in [3.63, 3.8) is 0 Å². The van der Waals surface area contributed by atoms with Crippen molar-refractivity contribution >= 4 is 107 Å². The van der Waals surface area contributed by atoms with Gasteiger partial charge in [-0.25, -0.2) is 15.0 Å². The minimum Gasteiger partial charge on any atom is -0.453 e. The monoisotopic (exact) mass is 852 g/mol. The minimum absolute atomic E-state index is 0.560. The summed E-state index contributed by atoms with van der Waals surface area (Å²) in [5.41, 5.74) is 9.86. The third-order valence-corrected chi connectivity index (χ3v) is 15.3. The van der Waals surface area contributed by atoms with E-state index in [2.05, 4.69) is 132 Å². The van der Waals surface area contributed by atoms with Gasteiger partial charge in [0.15, 0.2) is 23.1 Å². The molecule has 5 aromatic heterocycles. The lowest BCUT2D eigenvalue weighted by molar-refractivity contribution is 0.667. The van der Waals surface area contributed by atoms with Crippen molar-refractivity contribution in [2.24, 2.45) is 0 Å². The van der Waals surface area contributed by atoms with Crippen LogP contribution in [0, 0.1) is 0 Å². The predicted molar refractivity (Wildman–Crippen MR) is 269 cm³/mol. The van der Waals surface area contributed by atoms with Crippen LogP contribution >= 0.6 is 22.7 Å². The maximum atomic E-state index is 7.08. The maximum Gasteiger partial charge on any atom is 0.167 e. The van der Waals surface area contributed by atoms with Crippen LogP contribution < -0.4 is 0 Å². The van der Waals surface area contributed by atoms with E-state index in [0.29, 0.717) is 17.5 Å². The van der Waals surface area contributed by atoms with Crippen LogP contribution in [0.5, 0.6) is 0 Å². The molecule has 0 saturated carbocycles. The number of nitrogens with zero attached hydrogens (tertiary/aromatic N) is 4. The summed E-state index contributed by atoms with van der Waals surface area (Å²) in [6.45, 7) is 0. The standard InChI is InChI=1S/C57H32N4OS2/c1-3-14-33(15-4-1)55-58-56(34-16-5-2-6-17-34)60-57(59-55)44-24-12-21-39-40-22-13-26-48(51(40)62-50(39)44)61-46-25-9-7-18-37(46)45-32-35(28-31-47(45)61)36-20-11-23-41-43-30-29-42-38-19-8-10-27-49(38)63-53(42)54(43)64-52(36)41/h1-32H. The fourth-order valence-electron chi connectivity index (χ4n) is 9.75. The fraction of sp³-hybridized carbons (Fsp3) is 0. The lowest BCUT2D eigenvalue weighted by Crippen LogP contribution is -2.00. The van der Waals surface area contributed by atoms with Gasteiger partial charge in [-0.2, -0.15) is 0 Å². The van der Waals surface area contributed by atoms with E-state index >= 15 is 0 Å². The molecule has 0 aliphatic rings. The molecule has 0 atom stereocenters. The molecule has 0 saturated heterocycles. The summed E-state index contributed by atoms with van der Waals surface area (Å²) < 4.78 is 14.8. The number of furan rings is 1. The van der Waals surface area contributed by atoms with Crippen LogP contribution in [-0.4, -0.2) is 19.5 Å². The average molecular weight is 853 g/mol. The Morgan fingerprint density at radius 2 is 0.906 bits per heavy atom. The van der Waals surface area contributed by atoms with E-state index in [1.165, 1.54) is 62.2 Å². The molecule has 0 unspecified atom stereocenters. The molecular weight excluding hydrogens is 821 g/mol. The van der Waals surface area contributed by atoms with Crippen LogP contribution in [0.4, 0.5) is 0 Å². The molecule has 9 aromatic carbocycles. The molecule has 0 amide bonds. The molecule has 0 bridgehead atoms. The van der Waals surface area contributed by atoms with E-state index in [1.807, 2.05) is 89.4 Å². The molecule has 14 aromatic rings. The number of hydrogen-bond donors (Lipinski definition) is 0. The van der Waals surface area contributed by atoms with E-state index in [0.717, 1.165) is 55.3 Å². The summed E-state index contributed by atoms with van der Waals surface area (Å²) in [7, 11) is 0. The summed E-state index contributed by atoms with van der Waals surface area (Å²) in [4.78, 5) is 15.1. The second-order valence-electron chi connectivity index (χ2n) is 16.3. The highest BCUT2D eigenvalue weighted by Crippen LogP contribution is 2.48. The molecule has 7 heteroatoms. The van der Waals surface area contributed by atoms with Gasteiger partial charge in [-0.1, -0.05) is 158 Å². The number of thiophene rings is 2. The second kappa shape index (κ2) is 13.8. The molecule has 0 fully saturated rings. The zero-order valence-corrected chi connectivity index (χ0v) is 35.6. The number of fused-ring (bicyclic) bond motifs is 13. The molecule has 14 rings (SSSR count). The summed E-state index contributed by atoms with van der Waals surface area (Å²) >= 11 is 3.83. The molecule has 0 aliphatic heterocycles. The SMILES string of the molecule is c1ccc(-c2nc(-c3ccccc3)nc(-c3cccc4c3oc3c(-n5c6ccccc6c6cc(-c7cccc8c7sc7c8ccc8c9ccccc9sc87)ccc65)cccc34)n2)cc1. The molecule has 5 heterocycles. The second-order valence-corrected chi connectivity index (χ2v) is 18.3. The van der Waals surface area contributed by atoms with Crippen molar-refractivity contribution in [1.82, 2.24) is 19.5 Å². The van der Waals surface area contributed by atoms with Crippen molar-refractivity contribution < 1.29 is 4.42 Å². The first-order valence-corrected chi connectivity index (χ1v) is 23.0. The van der Waals surface area contributed by atoms with Crippen LogP contribution in [0.1, 0.15) is 0 Å². The van der Waals surface area contributed by atoms with Gasteiger partial charge in [0.2, 0.25) is 0 Å².